The van der Waals surface area contributed by atoms with Crippen molar-refractivity contribution in [2.75, 3.05) is 19.6 Å². The average molecular weight is 451 g/mol. The molecule has 1 aliphatic rings. The molecular weight excluding hydrogens is 430 g/mol. The Labute approximate surface area is 180 Å². The number of thiazole rings is 1. The molecule has 31 heavy (non-hydrogen) atoms. The number of carbonyl (C=O) groups is 1. The molecule has 0 saturated carbocycles. The van der Waals surface area contributed by atoms with Gasteiger partial charge in [-0.2, -0.15) is 13.2 Å². The number of alkyl halides is 3. The number of nitrogens with one attached hydrogen (secondary N) is 1. The molecule has 0 atom stereocenters. The van der Waals surface area contributed by atoms with E-state index in [-0.39, 0.29) is 28.9 Å². The van der Waals surface area contributed by atoms with Crippen LogP contribution in [0.15, 0.2) is 42.5 Å². The summed E-state index contributed by atoms with van der Waals surface area (Å²) in [6.45, 7) is 2.30. The molecule has 2 heterocycles. The van der Waals surface area contributed by atoms with Crippen LogP contribution in [0.25, 0.3) is 10.2 Å². The molecule has 1 aliphatic heterocycles. The van der Waals surface area contributed by atoms with Crippen molar-refractivity contribution in [3.63, 3.8) is 0 Å². The summed E-state index contributed by atoms with van der Waals surface area (Å²) in [5.41, 5.74) is 0.436. The van der Waals surface area contributed by atoms with E-state index in [1.54, 1.807) is 4.57 Å². The number of ketones is 1. The van der Waals surface area contributed by atoms with Crippen molar-refractivity contribution in [2.24, 2.45) is 5.92 Å². The second-order valence-electron chi connectivity index (χ2n) is 7.85. The van der Waals surface area contributed by atoms with Crippen molar-refractivity contribution in [3.8, 4) is 0 Å². The van der Waals surface area contributed by atoms with Crippen molar-refractivity contribution in [1.29, 1.82) is 5.41 Å². The highest BCUT2D eigenvalue weighted by molar-refractivity contribution is 7.16. The van der Waals surface area contributed by atoms with Crippen molar-refractivity contribution < 1.29 is 22.4 Å². The van der Waals surface area contributed by atoms with E-state index in [1.807, 2.05) is 0 Å². The number of hydrogen-bond acceptors (Lipinski definition) is 4. The highest BCUT2D eigenvalue weighted by Crippen LogP contribution is 2.32. The van der Waals surface area contributed by atoms with Crippen LogP contribution in [-0.4, -0.2) is 34.9 Å². The quantitative estimate of drug-likeness (QED) is 0.442. The number of benzene rings is 2. The molecule has 0 bridgehead atoms. The van der Waals surface area contributed by atoms with Crippen LogP contribution in [0, 0.1) is 17.1 Å². The number of rotatable bonds is 5. The summed E-state index contributed by atoms with van der Waals surface area (Å²) < 4.78 is 54.1. The maximum atomic E-state index is 13.0. The van der Waals surface area contributed by atoms with E-state index in [9.17, 15) is 22.4 Å². The molecule has 0 unspecified atom stereocenters. The minimum Gasteiger partial charge on any atom is -0.317 e. The van der Waals surface area contributed by atoms with Crippen molar-refractivity contribution in [2.45, 2.75) is 25.6 Å². The third-order valence-electron chi connectivity index (χ3n) is 5.71. The Morgan fingerprint density at radius 3 is 2.42 bits per heavy atom. The van der Waals surface area contributed by atoms with Gasteiger partial charge in [0.15, 0.2) is 10.6 Å². The highest BCUT2D eigenvalue weighted by Gasteiger charge is 2.31. The first-order valence-corrected chi connectivity index (χ1v) is 10.8. The summed E-state index contributed by atoms with van der Waals surface area (Å²) in [7, 11) is 0. The molecule has 3 aromatic rings. The van der Waals surface area contributed by atoms with Crippen molar-refractivity contribution >= 4 is 27.3 Å². The standard InChI is InChI=1S/C22H21F4N3OS/c23-17-4-1-15(2-5-17)19(30)13-28-9-7-14(8-10-28)12-29-18-6-3-16(22(24,25)26)11-20(18)31-21(29)27/h1-6,11,14,27H,7-10,12-13H2. The predicted molar refractivity (Wildman–Crippen MR) is 111 cm³/mol. The lowest BCUT2D eigenvalue weighted by Gasteiger charge is -2.31. The zero-order valence-corrected chi connectivity index (χ0v) is 17.4. The fraction of sp³-hybridized carbons (Fsp3) is 0.364. The number of piperidine rings is 1. The normalized spacial score (nSPS) is 16.1. The number of hydrogen-bond donors (Lipinski definition) is 1. The Bertz CT molecular complexity index is 1140. The summed E-state index contributed by atoms with van der Waals surface area (Å²) in [5, 5.41) is 8.21. The van der Waals surface area contributed by atoms with Crippen molar-refractivity contribution in [3.05, 3.63) is 64.2 Å². The Kier molecular flexibility index (Phi) is 5.98. The Morgan fingerprint density at radius 1 is 1.10 bits per heavy atom. The maximum Gasteiger partial charge on any atom is 0.416 e. The molecule has 164 valence electrons. The second-order valence-corrected chi connectivity index (χ2v) is 8.88. The molecule has 0 radical (unpaired) electrons. The van der Waals surface area contributed by atoms with E-state index in [4.69, 9.17) is 5.41 Å². The van der Waals surface area contributed by atoms with Crippen LogP contribution in [0.4, 0.5) is 17.6 Å². The number of likely N-dealkylation sites (tertiary alicyclic amines) is 1. The Morgan fingerprint density at radius 2 is 1.77 bits per heavy atom. The molecule has 0 amide bonds. The zero-order valence-electron chi connectivity index (χ0n) is 16.6. The van der Waals surface area contributed by atoms with Gasteiger partial charge in [-0.25, -0.2) is 4.39 Å². The SMILES string of the molecule is N=c1sc2cc(C(F)(F)F)ccc2n1CC1CCN(CC(=O)c2ccc(F)cc2)CC1. The van der Waals surface area contributed by atoms with Crippen LogP contribution in [0.5, 0.6) is 0 Å². The molecule has 1 aromatic heterocycles. The molecule has 9 heteroatoms. The van der Waals surface area contributed by atoms with Crippen LogP contribution in [0.1, 0.15) is 28.8 Å². The van der Waals surface area contributed by atoms with Crippen LogP contribution < -0.4 is 4.80 Å². The molecule has 4 rings (SSSR count). The van der Waals surface area contributed by atoms with Crippen LogP contribution >= 0.6 is 11.3 Å². The maximum absolute atomic E-state index is 13.0. The minimum atomic E-state index is -4.40. The van der Waals surface area contributed by atoms with Crippen LogP contribution in [-0.2, 0) is 12.7 Å². The average Bonchev–Trinajstić information content (AvgIpc) is 3.03. The molecule has 0 aliphatic carbocycles. The van der Waals surface area contributed by atoms with Gasteiger partial charge in [-0.15, -0.1) is 0 Å². The molecule has 2 aromatic carbocycles. The molecule has 1 saturated heterocycles. The molecule has 1 N–H and O–H groups in total. The van der Waals surface area contributed by atoms with Gasteiger partial charge >= 0.3 is 6.18 Å². The van der Waals surface area contributed by atoms with E-state index >= 15 is 0 Å². The predicted octanol–water partition coefficient (Wildman–Crippen LogP) is 4.94. The first-order chi connectivity index (χ1) is 14.7. The largest absolute Gasteiger partial charge is 0.416 e. The highest BCUT2D eigenvalue weighted by atomic mass is 32.1. The van der Waals surface area contributed by atoms with Gasteiger partial charge in [0, 0.05) is 12.1 Å². The summed E-state index contributed by atoms with van der Waals surface area (Å²) in [6.07, 6.45) is -2.73. The van der Waals surface area contributed by atoms with Gasteiger partial charge in [0.1, 0.15) is 5.82 Å². The first-order valence-electron chi connectivity index (χ1n) is 9.97. The topological polar surface area (TPSA) is 49.1 Å². The van der Waals surface area contributed by atoms with Gasteiger partial charge in [-0.3, -0.25) is 15.1 Å². The summed E-state index contributed by atoms with van der Waals surface area (Å²) >= 11 is 1.05. The second kappa shape index (κ2) is 8.55. The fourth-order valence-corrected chi connectivity index (χ4v) is 4.92. The van der Waals surface area contributed by atoms with Crippen molar-refractivity contribution in [1.82, 2.24) is 9.47 Å². The van der Waals surface area contributed by atoms with Gasteiger partial charge in [0.2, 0.25) is 0 Å². The van der Waals surface area contributed by atoms with E-state index < -0.39 is 11.7 Å². The number of aromatic nitrogens is 1. The monoisotopic (exact) mass is 451 g/mol. The van der Waals surface area contributed by atoms with E-state index in [0.29, 0.717) is 22.3 Å². The summed E-state index contributed by atoms with van der Waals surface area (Å²) in [5.74, 6) is -0.142. The molecule has 4 nitrogen and oxygen atoms in total. The fourth-order valence-electron chi connectivity index (χ4n) is 3.96. The van der Waals surface area contributed by atoms with Gasteiger partial charge in [-0.1, -0.05) is 11.3 Å². The van der Waals surface area contributed by atoms with Gasteiger partial charge < -0.3 is 4.57 Å². The zero-order chi connectivity index (χ0) is 22.2. The van der Waals surface area contributed by atoms with Gasteiger partial charge in [0.25, 0.3) is 0 Å². The van der Waals surface area contributed by atoms with E-state index in [0.717, 1.165) is 49.4 Å². The summed E-state index contributed by atoms with van der Waals surface area (Å²) in [6, 6.07) is 9.15. The van der Waals surface area contributed by atoms with E-state index in [1.165, 1.54) is 30.3 Å². The lowest BCUT2D eigenvalue weighted by atomic mass is 9.96. The Hall–Kier alpha value is -2.52. The van der Waals surface area contributed by atoms with Crippen LogP contribution in [0.2, 0.25) is 0 Å². The number of carbonyl (C=O) groups excluding carboxylic acids is 1. The number of nitrogens with zero attached hydrogens (tertiary/aromatic N) is 2. The number of halogens is 4. The third-order valence-corrected chi connectivity index (χ3v) is 6.67. The third kappa shape index (κ3) is 4.88. The van der Waals surface area contributed by atoms with E-state index in [2.05, 4.69) is 4.90 Å². The lowest BCUT2D eigenvalue weighted by molar-refractivity contribution is -0.137. The summed E-state index contributed by atoms with van der Waals surface area (Å²) in [4.78, 5) is 14.7. The smallest absolute Gasteiger partial charge is 0.317 e. The number of fused-ring (bicyclic) bond motifs is 1. The molecule has 1 fully saturated rings. The number of Topliss-reactive ketones (excluding diaryl/α,β-unsaturated/α-hetero) is 1. The lowest BCUT2D eigenvalue weighted by Crippen LogP contribution is -2.38. The minimum absolute atomic E-state index is 0.0504. The van der Waals surface area contributed by atoms with Gasteiger partial charge in [0.05, 0.1) is 22.3 Å². The Balaban J connectivity index is 1.38. The first kappa shape index (κ1) is 21.7. The van der Waals surface area contributed by atoms with Gasteiger partial charge in [-0.05, 0) is 74.3 Å². The molecular formula is C22H21F4N3OS. The molecule has 0 spiro atoms. The van der Waals surface area contributed by atoms with Crippen LogP contribution in [0.3, 0.4) is 0 Å².